The van der Waals surface area contributed by atoms with Gasteiger partial charge in [-0.3, -0.25) is 4.79 Å². The van der Waals surface area contributed by atoms with E-state index in [9.17, 15) is 4.79 Å². The standard InChI is InChI=1S/C20H20IN5O/c1-26(2)10-4-7-19(27)24-16-8-9-18-17(12-16)20(23-13-22-18)25-15-6-3-5-14(21)11-15/h3-9,11-13H,10H2,1-2H3,(H,24,27)(H,22,23,25)/b7-4+/i21-3. The third-order valence-electron chi connectivity index (χ3n) is 3.73. The molecule has 138 valence electrons. The van der Waals surface area contributed by atoms with Crippen molar-refractivity contribution in [2.45, 2.75) is 0 Å². The zero-order valence-corrected chi connectivity index (χ0v) is 17.3. The summed E-state index contributed by atoms with van der Waals surface area (Å²) in [5.41, 5.74) is 2.45. The van der Waals surface area contributed by atoms with Gasteiger partial charge in [-0.1, -0.05) is 12.1 Å². The molecule has 0 spiro atoms. The summed E-state index contributed by atoms with van der Waals surface area (Å²) in [6.07, 6.45) is 4.89. The van der Waals surface area contributed by atoms with E-state index in [-0.39, 0.29) is 5.91 Å². The number of likely N-dealkylation sites (N-methyl/N-ethyl adjacent to an activating group) is 1. The third kappa shape index (κ3) is 5.48. The molecule has 0 saturated carbocycles. The molecule has 0 aliphatic rings. The van der Waals surface area contributed by atoms with Crippen LogP contribution in [0.3, 0.4) is 0 Å². The number of nitrogens with zero attached hydrogens (tertiary/aromatic N) is 3. The van der Waals surface area contributed by atoms with Gasteiger partial charge in [0.2, 0.25) is 5.91 Å². The van der Waals surface area contributed by atoms with Gasteiger partial charge in [-0.2, -0.15) is 0 Å². The molecule has 3 aromatic rings. The highest BCUT2D eigenvalue weighted by atomic mass is 124. The second-order valence-corrected chi connectivity index (χ2v) is 7.49. The van der Waals surface area contributed by atoms with E-state index in [4.69, 9.17) is 0 Å². The maximum atomic E-state index is 12.1. The third-order valence-corrected chi connectivity index (χ3v) is 4.40. The number of aromatic nitrogens is 2. The van der Waals surface area contributed by atoms with Crippen molar-refractivity contribution in [3.8, 4) is 0 Å². The van der Waals surface area contributed by atoms with Crippen LogP contribution in [0.15, 0.2) is 60.9 Å². The van der Waals surface area contributed by atoms with Crippen LogP contribution in [0.5, 0.6) is 0 Å². The highest BCUT2D eigenvalue weighted by molar-refractivity contribution is 14.1. The fourth-order valence-corrected chi connectivity index (χ4v) is 3.03. The molecule has 7 heteroatoms. The number of fused-ring (bicyclic) bond motifs is 1. The lowest BCUT2D eigenvalue weighted by molar-refractivity contribution is -0.111. The van der Waals surface area contributed by atoms with E-state index in [1.54, 1.807) is 0 Å². The molecular formula is C20H20IN5O. The molecule has 0 radical (unpaired) electrons. The zero-order chi connectivity index (χ0) is 19.2. The lowest BCUT2D eigenvalue weighted by atomic mass is 10.2. The van der Waals surface area contributed by atoms with Crippen LogP contribution in [-0.2, 0) is 4.79 Å². The Morgan fingerprint density at radius 2 is 2.00 bits per heavy atom. The Bertz CT molecular complexity index is 987. The fraction of sp³-hybridized carbons (Fsp3) is 0.150. The summed E-state index contributed by atoms with van der Waals surface area (Å²) in [7, 11) is 3.90. The average Bonchev–Trinajstić information content (AvgIpc) is 2.62. The van der Waals surface area contributed by atoms with Crippen molar-refractivity contribution in [3.05, 3.63) is 64.5 Å². The Kier molecular flexibility index (Phi) is 6.36. The molecule has 1 aromatic heterocycles. The first-order valence-electron chi connectivity index (χ1n) is 8.41. The first-order valence-corrected chi connectivity index (χ1v) is 9.49. The molecule has 0 saturated heterocycles. The summed E-state index contributed by atoms with van der Waals surface area (Å²) in [6.45, 7) is 0.711. The van der Waals surface area contributed by atoms with Crippen LogP contribution in [0, 0.1) is 3.57 Å². The summed E-state index contributed by atoms with van der Waals surface area (Å²) in [6, 6.07) is 13.6. The van der Waals surface area contributed by atoms with E-state index in [2.05, 4.69) is 43.2 Å². The summed E-state index contributed by atoms with van der Waals surface area (Å²) in [4.78, 5) is 22.7. The molecule has 0 bridgehead atoms. The van der Waals surface area contributed by atoms with Gasteiger partial charge in [-0.15, -0.1) is 0 Å². The second-order valence-electron chi connectivity index (χ2n) is 6.24. The predicted molar refractivity (Wildman–Crippen MR) is 118 cm³/mol. The van der Waals surface area contributed by atoms with Gasteiger partial charge in [0, 0.05) is 33.0 Å². The van der Waals surface area contributed by atoms with Crippen molar-refractivity contribution in [2.75, 3.05) is 31.3 Å². The van der Waals surface area contributed by atoms with Crippen LogP contribution in [0.25, 0.3) is 10.9 Å². The van der Waals surface area contributed by atoms with E-state index >= 15 is 0 Å². The number of hydrogen-bond donors (Lipinski definition) is 2. The SMILES string of the molecule is CN(C)C/C=C/C(=O)Nc1ccc2ncnc(Nc3cccc([124I])c3)c2c1. The first kappa shape index (κ1) is 19.2. The molecule has 0 fully saturated rings. The van der Waals surface area contributed by atoms with Crippen LogP contribution in [0.1, 0.15) is 0 Å². The maximum Gasteiger partial charge on any atom is 0.248 e. The van der Waals surface area contributed by atoms with E-state index in [1.165, 1.54) is 12.4 Å². The molecule has 2 aromatic carbocycles. The first-order chi connectivity index (χ1) is 13.0. The minimum Gasteiger partial charge on any atom is -0.340 e. The number of hydrogen-bond acceptors (Lipinski definition) is 5. The molecule has 0 aliphatic carbocycles. The maximum absolute atomic E-state index is 12.1. The number of halogens is 1. The van der Waals surface area contributed by atoms with Crippen LogP contribution in [-0.4, -0.2) is 41.4 Å². The number of carbonyl (C=O) groups excluding carboxylic acids is 1. The van der Waals surface area contributed by atoms with Gasteiger partial charge in [0.05, 0.1) is 5.52 Å². The highest BCUT2D eigenvalue weighted by Gasteiger charge is 2.07. The van der Waals surface area contributed by atoms with Crippen LogP contribution >= 0.6 is 22.6 Å². The molecule has 3 rings (SSSR count). The molecule has 1 heterocycles. The summed E-state index contributed by atoms with van der Waals surface area (Å²) < 4.78 is 1.13. The van der Waals surface area contributed by atoms with E-state index in [0.717, 1.165) is 20.2 Å². The minimum absolute atomic E-state index is 0.167. The Morgan fingerprint density at radius 1 is 1.15 bits per heavy atom. The molecule has 1 amide bonds. The van der Waals surface area contributed by atoms with Crippen LogP contribution in [0.2, 0.25) is 0 Å². The van der Waals surface area contributed by atoms with Crippen LogP contribution < -0.4 is 10.6 Å². The molecule has 27 heavy (non-hydrogen) atoms. The van der Waals surface area contributed by atoms with Gasteiger partial charge in [-0.25, -0.2) is 9.97 Å². The van der Waals surface area contributed by atoms with Crippen LogP contribution in [0.4, 0.5) is 17.2 Å². The molecule has 2 N–H and O–H groups in total. The number of anilines is 3. The summed E-state index contributed by atoms with van der Waals surface area (Å²) >= 11 is 2.27. The number of amides is 1. The molecule has 0 unspecified atom stereocenters. The van der Waals surface area contributed by atoms with E-state index in [0.29, 0.717) is 18.1 Å². The van der Waals surface area contributed by atoms with Gasteiger partial charge in [0.25, 0.3) is 0 Å². The predicted octanol–water partition coefficient (Wildman–Crippen LogP) is 4.03. The number of benzene rings is 2. The van der Waals surface area contributed by atoms with Gasteiger partial charge < -0.3 is 15.5 Å². The minimum atomic E-state index is -0.167. The Balaban J connectivity index is 1.83. The zero-order valence-electron chi connectivity index (χ0n) is 15.1. The molecular weight excluding hydrogens is 450 g/mol. The number of nitrogens with one attached hydrogen (secondary N) is 2. The molecule has 6 nitrogen and oxygen atoms in total. The fourth-order valence-electron chi connectivity index (χ4n) is 2.49. The van der Waals surface area contributed by atoms with Gasteiger partial charge >= 0.3 is 0 Å². The van der Waals surface area contributed by atoms with E-state index in [1.807, 2.05) is 67.5 Å². The average molecular weight is 470 g/mol. The monoisotopic (exact) mass is 470 g/mol. The molecule has 0 aliphatic heterocycles. The van der Waals surface area contributed by atoms with Gasteiger partial charge in [0.1, 0.15) is 12.1 Å². The van der Waals surface area contributed by atoms with Crippen molar-refractivity contribution in [3.63, 3.8) is 0 Å². The highest BCUT2D eigenvalue weighted by Crippen LogP contribution is 2.26. The normalized spacial score (nSPS) is 11.3. The lowest BCUT2D eigenvalue weighted by Crippen LogP contribution is -2.12. The van der Waals surface area contributed by atoms with Crippen molar-refractivity contribution >= 4 is 56.6 Å². The smallest absolute Gasteiger partial charge is 0.248 e. The molecule has 0 atom stereocenters. The van der Waals surface area contributed by atoms with E-state index < -0.39 is 0 Å². The van der Waals surface area contributed by atoms with Crippen molar-refractivity contribution in [1.82, 2.24) is 14.9 Å². The number of rotatable bonds is 6. The topological polar surface area (TPSA) is 70.2 Å². The van der Waals surface area contributed by atoms with Crippen molar-refractivity contribution < 1.29 is 4.79 Å². The summed E-state index contributed by atoms with van der Waals surface area (Å²) in [5.74, 6) is 0.529. The quantitative estimate of drug-likeness (QED) is 0.421. The largest absolute Gasteiger partial charge is 0.340 e. The Hall–Kier alpha value is -2.52. The lowest BCUT2D eigenvalue weighted by Gasteiger charge is -2.10. The number of carbonyl (C=O) groups is 1. The second kappa shape index (κ2) is 8.92. The van der Waals surface area contributed by atoms with Crippen molar-refractivity contribution in [2.24, 2.45) is 0 Å². The summed E-state index contributed by atoms with van der Waals surface area (Å²) in [5, 5.41) is 7.05. The Morgan fingerprint density at radius 3 is 2.78 bits per heavy atom. The van der Waals surface area contributed by atoms with Crippen molar-refractivity contribution in [1.29, 1.82) is 0 Å². The Labute approximate surface area is 171 Å². The van der Waals surface area contributed by atoms with Gasteiger partial charge in [-0.05, 0) is 73.1 Å². The van der Waals surface area contributed by atoms with Gasteiger partial charge in [0.15, 0.2) is 0 Å².